The minimum Gasteiger partial charge on any atom is -0.390 e. The first-order valence-corrected chi connectivity index (χ1v) is 4.95. The van der Waals surface area contributed by atoms with E-state index in [1.165, 1.54) is 19.3 Å². The standard InChI is InChI=1S/C10H20O/c1-3-9-7-5-6-8-10(9,11)4-2/h9,11H,3-8H2,1-2H3/t9-,10-/m1/s1. The summed E-state index contributed by atoms with van der Waals surface area (Å²) in [5.74, 6) is 0.571. The number of hydrogen-bond donors (Lipinski definition) is 1. The Bertz CT molecular complexity index is 122. The van der Waals surface area contributed by atoms with E-state index in [4.69, 9.17) is 0 Å². The highest BCUT2D eigenvalue weighted by Crippen LogP contribution is 2.37. The van der Waals surface area contributed by atoms with E-state index in [-0.39, 0.29) is 5.60 Å². The van der Waals surface area contributed by atoms with Crippen LogP contribution in [0, 0.1) is 5.92 Å². The van der Waals surface area contributed by atoms with Gasteiger partial charge in [-0.05, 0) is 25.2 Å². The van der Waals surface area contributed by atoms with Gasteiger partial charge in [-0.15, -0.1) is 0 Å². The number of hydrogen-bond acceptors (Lipinski definition) is 1. The summed E-state index contributed by atoms with van der Waals surface area (Å²) in [6, 6.07) is 0. The largest absolute Gasteiger partial charge is 0.390 e. The summed E-state index contributed by atoms with van der Waals surface area (Å²) in [7, 11) is 0. The van der Waals surface area contributed by atoms with Gasteiger partial charge in [-0.25, -0.2) is 0 Å². The fraction of sp³-hybridized carbons (Fsp3) is 1.00. The van der Waals surface area contributed by atoms with Crippen LogP contribution in [0.2, 0.25) is 0 Å². The van der Waals surface area contributed by atoms with E-state index in [2.05, 4.69) is 13.8 Å². The zero-order chi connectivity index (χ0) is 8.32. The Morgan fingerprint density at radius 3 is 2.55 bits per heavy atom. The van der Waals surface area contributed by atoms with E-state index >= 15 is 0 Å². The normalized spacial score (nSPS) is 39.0. The van der Waals surface area contributed by atoms with Crippen LogP contribution in [-0.4, -0.2) is 10.7 Å². The third-order valence-electron chi connectivity index (χ3n) is 3.28. The zero-order valence-electron chi connectivity index (χ0n) is 7.77. The summed E-state index contributed by atoms with van der Waals surface area (Å²) in [4.78, 5) is 0. The van der Waals surface area contributed by atoms with Crippen molar-refractivity contribution in [2.75, 3.05) is 0 Å². The molecule has 0 radical (unpaired) electrons. The molecule has 0 aromatic rings. The number of rotatable bonds is 2. The Labute approximate surface area is 69.8 Å². The highest BCUT2D eigenvalue weighted by atomic mass is 16.3. The molecule has 2 atom stereocenters. The maximum atomic E-state index is 10.1. The van der Waals surface area contributed by atoms with E-state index in [0.29, 0.717) is 5.92 Å². The molecule has 0 saturated heterocycles. The van der Waals surface area contributed by atoms with Crippen molar-refractivity contribution in [3.05, 3.63) is 0 Å². The molecule has 0 unspecified atom stereocenters. The van der Waals surface area contributed by atoms with E-state index in [1.54, 1.807) is 0 Å². The lowest BCUT2D eigenvalue weighted by Gasteiger charge is -2.39. The van der Waals surface area contributed by atoms with Gasteiger partial charge in [0, 0.05) is 0 Å². The average molecular weight is 156 g/mol. The van der Waals surface area contributed by atoms with E-state index in [1.807, 2.05) is 0 Å². The van der Waals surface area contributed by atoms with Gasteiger partial charge in [0.25, 0.3) is 0 Å². The SMILES string of the molecule is CC[C@@H]1CCCC[C@]1(O)CC. The Balaban J connectivity index is 2.57. The van der Waals surface area contributed by atoms with Crippen LogP contribution in [0.15, 0.2) is 0 Å². The predicted octanol–water partition coefficient (Wildman–Crippen LogP) is 2.73. The first kappa shape index (κ1) is 9.05. The van der Waals surface area contributed by atoms with Gasteiger partial charge in [0.15, 0.2) is 0 Å². The molecule has 1 fully saturated rings. The molecule has 0 aromatic heterocycles. The van der Waals surface area contributed by atoms with Crippen LogP contribution in [0.3, 0.4) is 0 Å². The lowest BCUT2D eigenvalue weighted by atomic mass is 9.73. The summed E-state index contributed by atoms with van der Waals surface area (Å²) in [5.41, 5.74) is -0.312. The Kier molecular flexibility index (Phi) is 2.94. The molecule has 1 N–H and O–H groups in total. The van der Waals surface area contributed by atoms with Gasteiger partial charge in [0.05, 0.1) is 5.60 Å². The first-order chi connectivity index (χ1) is 5.23. The molecule has 1 aliphatic rings. The minimum absolute atomic E-state index is 0.312. The van der Waals surface area contributed by atoms with Crippen molar-refractivity contribution in [3.63, 3.8) is 0 Å². The highest BCUT2D eigenvalue weighted by molar-refractivity contribution is 4.87. The zero-order valence-corrected chi connectivity index (χ0v) is 7.77. The van der Waals surface area contributed by atoms with Crippen LogP contribution < -0.4 is 0 Å². The van der Waals surface area contributed by atoms with Gasteiger partial charge in [0.2, 0.25) is 0 Å². The predicted molar refractivity (Wildman–Crippen MR) is 47.5 cm³/mol. The van der Waals surface area contributed by atoms with Gasteiger partial charge >= 0.3 is 0 Å². The Hall–Kier alpha value is -0.0400. The molecule has 0 heterocycles. The van der Waals surface area contributed by atoms with Crippen molar-refractivity contribution >= 4 is 0 Å². The van der Waals surface area contributed by atoms with Crippen LogP contribution in [0.1, 0.15) is 52.4 Å². The van der Waals surface area contributed by atoms with Gasteiger partial charge < -0.3 is 5.11 Å². The smallest absolute Gasteiger partial charge is 0.0673 e. The first-order valence-electron chi connectivity index (χ1n) is 4.95. The molecule has 66 valence electrons. The molecule has 1 rings (SSSR count). The van der Waals surface area contributed by atoms with E-state index < -0.39 is 0 Å². The van der Waals surface area contributed by atoms with Crippen molar-refractivity contribution in [2.45, 2.75) is 58.0 Å². The average Bonchev–Trinajstić information content (AvgIpc) is 2.05. The third-order valence-corrected chi connectivity index (χ3v) is 3.28. The third kappa shape index (κ3) is 1.76. The van der Waals surface area contributed by atoms with Crippen LogP contribution >= 0.6 is 0 Å². The molecular formula is C10H20O. The molecule has 0 spiro atoms. The maximum Gasteiger partial charge on any atom is 0.0673 e. The molecule has 1 nitrogen and oxygen atoms in total. The molecule has 11 heavy (non-hydrogen) atoms. The van der Waals surface area contributed by atoms with Gasteiger partial charge in [-0.1, -0.05) is 33.1 Å². The van der Waals surface area contributed by atoms with Crippen molar-refractivity contribution in [2.24, 2.45) is 5.92 Å². The van der Waals surface area contributed by atoms with E-state index in [0.717, 1.165) is 19.3 Å². The second-order valence-electron chi connectivity index (χ2n) is 3.81. The lowest BCUT2D eigenvalue weighted by Crippen LogP contribution is -2.39. The summed E-state index contributed by atoms with van der Waals surface area (Å²) >= 11 is 0. The second-order valence-corrected chi connectivity index (χ2v) is 3.81. The maximum absolute atomic E-state index is 10.1. The Morgan fingerprint density at radius 2 is 2.09 bits per heavy atom. The molecular weight excluding hydrogens is 136 g/mol. The molecule has 1 aliphatic carbocycles. The van der Waals surface area contributed by atoms with Crippen molar-refractivity contribution in [1.29, 1.82) is 0 Å². The van der Waals surface area contributed by atoms with Crippen molar-refractivity contribution < 1.29 is 5.11 Å². The fourth-order valence-electron chi connectivity index (χ4n) is 2.34. The summed E-state index contributed by atoms with van der Waals surface area (Å²) in [6.45, 7) is 4.30. The second kappa shape index (κ2) is 3.57. The minimum atomic E-state index is -0.312. The molecule has 1 heteroatoms. The van der Waals surface area contributed by atoms with E-state index in [9.17, 15) is 5.11 Å². The lowest BCUT2D eigenvalue weighted by molar-refractivity contribution is -0.0524. The Morgan fingerprint density at radius 1 is 1.36 bits per heavy atom. The van der Waals surface area contributed by atoms with Crippen LogP contribution in [-0.2, 0) is 0 Å². The van der Waals surface area contributed by atoms with Crippen molar-refractivity contribution in [3.8, 4) is 0 Å². The monoisotopic (exact) mass is 156 g/mol. The van der Waals surface area contributed by atoms with Gasteiger partial charge in [-0.3, -0.25) is 0 Å². The van der Waals surface area contributed by atoms with Crippen LogP contribution in [0.4, 0.5) is 0 Å². The summed E-state index contributed by atoms with van der Waals surface area (Å²) < 4.78 is 0. The van der Waals surface area contributed by atoms with Crippen LogP contribution in [0.5, 0.6) is 0 Å². The molecule has 0 aliphatic heterocycles. The number of aliphatic hydroxyl groups is 1. The quantitative estimate of drug-likeness (QED) is 0.651. The molecule has 0 bridgehead atoms. The van der Waals surface area contributed by atoms with Gasteiger partial charge in [-0.2, -0.15) is 0 Å². The van der Waals surface area contributed by atoms with Crippen LogP contribution in [0.25, 0.3) is 0 Å². The summed E-state index contributed by atoms with van der Waals surface area (Å²) in [6.07, 6.45) is 6.89. The summed E-state index contributed by atoms with van der Waals surface area (Å²) in [5, 5.41) is 10.1. The topological polar surface area (TPSA) is 20.2 Å². The highest BCUT2D eigenvalue weighted by Gasteiger charge is 2.35. The molecule has 1 saturated carbocycles. The molecule has 0 aromatic carbocycles. The van der Waals surface area contributed by atoms with Crippen molar-refractivity contribution in [1.82, 2.24) is 0 Å². The van der Waals surface area contributed by atoms with Gasteiger partial charge in [0.1, 0.15) is 0 Å². The fourth-order valence-corrected chi connectivity index (χ4v) is 2.34. The molecule has 0 amide bonds.